The third kappa shape index (κ3) is 5.68. The number of anilines is 2. The number of benzene rings is 2. The van der Waals surface area contributed by atoms with Crippen molar-refractivity contribution in [3.8, 4) is 11.5 Å². The number of hydrogen-bond donors (Lipinski definition) is 1. The number of aromatic nitrogens is 2. The third-order valence-corrected chi connectivity index (χ3v) is 5.80. The molecule has 35 heavy (non-hydrogen) atoms. The van der Waals surface area contributed by atoms with E-state index in [9.17, 15) is 14.4 Å². The van der Waals surface area contributed by atoms with Crippen molar-refractivity contribution in [1.29, 1.82) is 0 Å². The molecule has 1 saturated heterocycles. The van der Waals surface area contributed by atoms with E-state index in [4.69, 9.17) is 9.47 Å². The standard InChI is InChI=1S/C26H28N4O5/c1-3-34-26(33)19-8-7-15-30(17-19)24(31)18-11-13-20(14-12-18)28-23-22(16-27-29(2)25(23)32)35-21-9-5-4-6-10-21/h4-6,9-14,16,19,28H,3,7-8,15,17H2,1-2H3/t19-/m0/s1. The fraction of sp³-hybridized carbons (Fsp3) is 0.308. The van der Waals surface area contributed by atoms with Gasteiger partial charge in [0.1, 0.15) is 5.75 Å². The summed E-state index contributed by atoms with van der Waals surface area (Å²) in [6.45, 7) is 3.06. The maximum atomic E-state index is 13.0. The van der Waals surface area contributed by atoms with Gasteiger partial charge < -0.3 is 19.7 Å². The number of aryl methyl sites for hydroxylation is 1. The van der Waals surface area contributed by atoms with Gasteiger partial charge in [-0.2, -0.15) is 5.10 Å². The molecule has 9 heteroatoms. The average molecular weight is 477 g/mol. The lowest BCUT2D eigenvalue weighted by molar-refractivity contribution is -0.149. The number of para-hydroxylation sites is 1. The molecule has 1 atom stereocenters. The van der Waals surface area contributed by atoms with Crippen LogP contribution in [0.15, 0.2) is 65.6 Å². The fourth-order valence-corrected chi connectivity index (χ4v) is 3.97. The molecule has 1 aliphatic heterocycles. The van der Waals surface area contributed by atoms with E-state index >= 15 is 0 Å². The Morgan fingerprint density at radius 3 is 2.57 bits per heavy atom. The SMILES string of the molecule is CCOC(=O)[C@H]1CCCN(C(=O)c2ccc(Nc3c(Oc4ccccc4)cnn(C)c3=O)cc2)C1. The molecule has 0 unspecified atom stereocenters. The molecular weight excluding hydrogens is 448 g/mol. The molecule has 9 nitrogen and oxygen atoms in total. The monoisotopic (exact) mass is 476 g/mol. The lowest BCUT2D eigenvalue weighted by atomic mass is 9.97. The van der Waals surface area contributed by atoms with Crippen molar-refractivity contribution in [2.24, 2.45) is 13.0 Å². The van der Waals surface area contributed by atoms with Gasteiger partial charge in [0.05, 0.1) is 18.7 Å². The van der Waals surface area contributed by atoms with E-state index in [-0.39, 0.29) is 34.8 Å². The van der Waals surface area contributed by atoms with Crippen molar-refractivity contribution in [2.75, 3.05) is 25.0 Å². The van der Waals surface area contributed by atoms with Gasteiger partial charge in [-0.3, -0.25) is 14.4 Å². The smallest absolute Gasteiger partial charge is 0.310 e. The molecule has 0 radical (unpaired) electrons. The van der Waals surface area contributed by atoms with E-state index in [2.05, 4.69) is 10.4 Å². The van der Waals surface area contributed by atoms with Gasteiger partial charge in [-0.15, -0.1) is 0 Å². The fourth-order valence-electron chi connectivity index (χ4n) is 3.97. The van der Waals surface area contributed by atoms with Crippen LogP contribution in [0.4, 0.5) is 11.4 Å². The Morgan fingerprint density at radius 1 is 1.11 bits per heavy atom. The average Bonchev–Trinajstić information content (AvgIpc) is 2.89. The molecule has 1 aromatic heterocycles. The first-order valence-corrected chi connectivity index (χ1v) is 11.6. The second-order valence-corrected chi connectivity index (χ2v) is 8.27. The summed E-state index contributed by atoms with van der Waals surface area (Å²) in [5.74, 6) is 0.182. The van der Waals surface area contributed by atoms with Crippen LogP contribution in [0.2, 0.25) is 0 Å². The molecule has 3 aromatic rings. The van der Waals surface area contributed by atoms with Crippen LogP contribution in [-0.4, -0.2) is 46.3 Å². The maximum absolute atomic E-state index is 13.0. The summed E-state index contributed by atoms with van der Waals surface area (Å²) >= 11 is 0. The van der Waals surface area contributed by atoms with Crippen LogP contribution in [0.5, 0.6) is 11.5 Å². The van der Waals surface area contributed by atoms with Crippen LogP contribution in [0.25, 0.3) is 0 Å². The Hall–Kier alpha value is -4.14. The van der Waals surface area contributed by atoms with E-state index < -0.39 is 0 Å². The van der Waals surface area contributed by atoms with Crippen molar-refractivity contribution >= 4 is 23.3 Å². The summed E-state index contributed by atoms with van der Waals surface area (Å²) in [6.07, 6.45) is 2.95. The number of piperidine rings is 1. The van der Waals surface area contributed by atoms with Crippen LogP contribution < -0.4 is 15.6 Å². The molecule has 1 amide bonds. The second kappa shape index (κ2) is 10.9. The van der Waals surface area contributed by atoms with E-state index in [0.29, 0.717) is 36.7 Å². The molecular formula is C26H28N4O5. The predicted octanol–water partition coefficient (Wildman–Crippen LogP) is 3.73. The lowest BCUT2D eigenvalue weighted by Gasteiger charge is -2.31. The first kappa shape index (κ1) is 24.0. The number of carbonyl (C=O) groups is 2. The van der Waals surface area contributed by atoms with Gasteiger partial charge in [-0.1, -0.05) is 18.2 Å². The number of nitrogens with one attached hydrogen (secondary N) is 1. The minimum atomic E-state index is -0.350. The number of ether oxygens (including phenoxy) is 2. The lowest BCUT2D eigenvalue weighted by Crippen LogP contribution is -2.42. The zero-order chi connectivity index (χ0) is 24.8. The minimum absolute atomic E-state index is 0.140. The number of nitrogens with zero attached hydrogens (tertiary/aromatic N) is 3. The Kier molecular flexibility index (Phi) is 7.45. The number of likely N-dealkylation sites (tertiary alicyclic amines) is 1. The van der Waals surface area contributed by atoms with E-state index in [1.54, 1.807) is 55.3 Å². The van der Waals surface area contributed by atoms with Crippen LogP contribution in [0.3, 0.4) is 0 Å². The van der Waals surface area contributed by atoms with Crippen molar-refractivity contribution in [2.45, 2.75) is 19.8 Å². The van der Waals surface area contributed by atoms with Crippen LogP contribution >= 0.6 is 0 Å². The Bertz CT molecular complexity index is 1240. The third-order valence-electron chi connectivity index (χ3n) is 5.80. The van der Waals surface area contributed by atoms with Gasteiger partial charge in [0.15, 0.2) is 11.4 Å². The molecule has 2 heterocycles. The van der Waals surface area contributed by atoms with Gasteiger partial charge in [-0.25, -0.2) is 4.68 Å². The van der Waals surface area contributed by atoms with Crippen molar-refractivity contribution in [3.05, 3.63) is 76.7 Å². The van der Waals surface area contributed by atoms with E-state index in [1.807, 2.05) is 18.2 Å². The van der Waals surface area contributed by atoms with E-state index in [0.717, 1.165) is 12.8 Å². The van der Waals surface area contributed by atoms with Crippen LogP contribution in [0, 0.1) is 5.92 Å². The molecule has 0 bridgehead atoms. The highest BCUT2D eigenvalue weighted by atomic mass is 16.5. The topological polar surface area (TPSA) is 103 Å². The molecule has 0 aliphatic carbocycles. The molecule has 1 aliphatic rings. The summed E-state index contributed by atoms with van der Waals surface area (Å²) in [5.41, 5.74) is 1.00. The molecule has 4 rings (SSSR count). The quantitative estimate of drug-likeness (QED) is 0.518. The molecule has 182 valence electrons. The second-order valence-electron chi connectivity index (χ2n) is 8.27. The zero-order valence-electron chi connectivity index (χ0n) is 19.8. The number of amides is 1. The van der Waals surface area contributed by atoms with Crippen LogP contribution in [0.1, 0.15) is 30.1 Å². The number of hydrogen-bond acceptors (Lipinski definition) is 7. The largest absolute Gasteiger partial charge is 0.466 e. The summed E-state index contributed by atoms with van der Waals surface area (Å²) in [7, 11) is 1.56. The Morgan fingerprint density at radius 2 is 1.86 bits per heavy atom. The summed E-state index contributed by atoms with van der Waals surface area (Å²) in [6, 6.07) is 16.0. The van der Waals surface area contributed by atoms with Crippen LogP contribution in [-0.2, 0) is 16.6 Å². The first-order chi connectivity index (χ1) is 17.0. The normalized spacial score (nSPS) is 15.4. The maximum Gasteiger partial charge on any atom is 0.310 e. The van der Waals surface area contributed by atoms with Crippen molar-refractivity contribution in [1.82, 2.24) is 14.7 Å². The molecule has 1 N–H and O–H groups in total. The highest BCUT2D eigenvalue weighted by molar-refractivity contribution is 5.95. The molecule has 1 fully saturated rings. The molecule has 0 spiro atoms. The summed E-state index contributed by atoms with van der Waals surface area (Å²) < 4.78 is 12.2. The predicted molar refractivity (Wildman–Crippen MR) is 131 cm³/mol. The molecule has 0 saturated carbocycles. The van der Waals surface area contributed by atoms with Gasteiger partial charge in [-0.05, 0) is 56.2 Å². The van der Waals surface area contributed by atoms with Gasteiger partial charge in [0.2, 0.25) is 0 Å². The van der Waals surface area contributed by atoms with Crippen molar-refractivity contribution < 1.29 is 19.1 Å². The van der Waals surface area contributed by atoms with Gasteiger partial charge >= 0.3 is 5.97 Å². The Labute approximate surface area is 203 Å². The van der Waals surface area contributed by atoms with E-state index in [1.165, 1.54) is 10.9 Å². The molecule has 2 aromatic carbocycles. The van der Waals surface area contributed by atoms with Crippen molar-refractivity contribution in [3.63, 3.8) is 0 Å². The highest BCUT2D eigenvalue weighted by Gasteiger charge is 2.29. The summed E-state index contributed by atoms with van der Waals surface area (Å²) in [4.78, 5) is 39.6. The van der Waals surface area contributed by atoms with Gasteiger partial charge in [0.25, 0.3) is 11.5 Å². The minimum Gasteiger partial charge on any atom is -0.466 e. The Balaban J connectivity index is 1.49. The van der Waals surface area contributed by atoms with Gasteiger partial charge in [0, 0.05) is 31.4 Å². The summed E-state index contributed by atoms with van der Waals surface area (Å²) in [5, 5.41) is 7.15. The number of rotatable bonds is 7. The first-order valence-electron chi connectivity index (χ1n) is 11.6. The highest BCUT2D eigenvalue weighted by Crippen LogP contribution is 2.28. The zero-order valence-corrected chi connectivity index (χ0v) is 19.8. The number of esters is 1. The number of carbonyl (C=O) groups excluding carboxylic acids is 2.